The number of hydrogen-bond acceptors (Lipinski definition) is 3. The maximum absolute atomic E-state index is 11.2. The molecule has 1 heterocycles. The summed E-state index contributed by atoms with van der Waals surface area (Å²) >= 11 is 0. The third-order valence-electron chi connectivity index (χ3n) is 2.98. The molecule has 1 aromatic heterocycles. The Kier molecular flexibility index (Phi) is 3.97. The van der Waals surface area contributed by atoms with E-state index < -0.39 is 5.97 Å². The Bertz CT molecular complexity index is 590. The Balaban J connectivity index is 2.58. The molecule has 100 valence electrons. The molecule has 0 aliphatic rings. The monoisotopic (exact) mass is 260 g/mol. The van der Waals surface area contributed by atoms with E-state index in [1.807, 2.05) is 24.3 Å². The second kappa shape index (κ2) is 5.67. The molecular weight excluding hydrogens is 244 g/mol. The van der Waals surface area contributed by atoms with Gasteiger partial charge in [-0.15, -0.1) is 0 Å². The van der Waals surface area contributed by atoms with Crippen LogP contribution < -0.4 is 0 Å². The number of carbonyl (C=O) groups is 1. The predicted molar refractivity (Wildman–Crippen MR) is 70.6 cm³/mol. The quantitative estimate of drug-likeness (QED) is 0.895. The van der Waals surface area contributed by atoms with Crippen molar-refractivity contribution in [1.82, 2.24) is 9.78 Å². The second-order valence-corrected chi connectivity index (χ2v) is 4.14. The number of carboxylic acids is 1. The Morgan fingerprint density at radius 1 is 1.42 bits per heavy atom. The molecule has 0 saturated heterocycles. The minimum atomic E-state index is -0.993. The highest BCUT2D eigenvalue weighted by Gasteiger charge is 2.18. The molecular formula is C14H16N2O3. The highest BCUT2D eigenvalue weighted by molar-refractivity contribution is 5.88. The molecule has 0 bridgehead atoms. The van der Waals surface area contributed by atoms with Gasteiger partial charge >= 0.3 is 5.97 Å². The molecule has 1 aromatic carbocycles. The number of para-hydroxylation sites is 1. The molecule has 0 aliphatic heterocycles. The van der Waals surface area contributed by atoms with Crippen LogP contribution >= 0.6 is 0 Å². The van der Waals surface area contributed by atoms with Gasteiger partial charge in [0.2, 0.25) is 0 Å². The van der Waals surface area contributed by atoms with E-state index in [2.05, 4.69) is 12.0 Å². The van der Waals surface area contributed by atoms with Crippen molar-refractivity contribution >= 4 is 5.97 Å². The Morgan fingerprint density at radius 3 is 2.79 bits per heavy atom. The first-order valence-electron chi connectivity index (χ1n) is 6.06. The molecule has 0 fully saturated rings. The van der Waals surface area contributed by atoms with Gasteiger partial charge < -0.3 is 9.84 Å². The fraction of sp³-hybridized carbons (Fsp3) is 0.286. The first-order valence-corrected chi connectivity index (χ1v) is 6.06. The molecule has 0 atom stereocenters. The fourth-order valence-corrected chi connectivity index (χ4v) is 2.05. The van der Waals surface area contributed by atoms with Gasteiger partial charge in [0, 0.05) is 7.11 Å². The SMILES string of the molecule is CCc1ccccc1-n1ncc(C(=O)O)c1COC. The molecule has 0 unspecified atom stereocenters. The average Bonchev–Trinajstić information content (AvgIpc) is 2.83. The first kappa shape index (κ1) is 13.3. The maximum atomic E-state index is 11.2. The van der Waals surface area contributed by atoms with Crippen LogP contribution in [-0.4, -0.2) is 28.0 Å². The minimum Gasteiger partial charge on any atom is -0.478 e. The lowest BCUT2D eigenvalue weighted by molar-refractivity contribution is 0.0691. The lowest BCUT2D eigenvalue weighted by atomic mass is 10.1. The number of nitrogens with zero attached hydrogens (tertiary/aromatic N) is 2. The second-order valence-electron chi connectivity index (χ2n) is 4.14. The van der Waals surface area contributed by atoms with Gasteiger partial charge in [0.05, 0.1) is 24.2 Å². The number of ether oxygens (including phenoxy) is 1. The molecule has 5 nitrogen and oxygen atoms in total. The summed E-state index contributed by atoms with van der Waals surface area (Å²) in [5.41, 5.74) is 2.73. The average molecular weight is 260 g/mol. The fourth-order valence-electron chi connectivity index (χ4n) is 2.05. The molecule has 2 rings (SSSR count). The van der Waals surface area contributed by atoms with Crippen LogP contribution in [0.25, 0.3) is 5.69 Å². The standard InChI is InChI=1S/C14H16N2O3/c1-3-10-6-4-5-7-12(10)16-13(9-19-2)11(8-15-16)14(17)18/h4-8H,3,9H2,1-2H3,(H,17,18). The topological polar surface area (TPSA) is 64.4 Å². The summed E-state index contributed by atoms with van der Waals surface area (Å²) in [4.78, 5) is 11.2. The number of methoxy groups -OCH3 is 1. The van der Waals surface area contributed by atoms with Crippen LogP contribution in [0.2, 0.25) is 0 Å². The first-order chi connectivity index (χ1) is 9.19. The van der Waals surface area contributed by atoms with Crippen molar-refractivity contribution in [2.45, 2.75) is 20.0 Å². The predicted octanol–water partition coefficient (Wildman–Crippen LogP) is 2.28. The smallest absolute Gasteiger partial charge is 0.339 e. The van der Waals surface area contributed by atoms with Gasteiger partial charge in [-0.25, -0.2) is 9.48 Å². The van der Waals surface area contributed by atoms with Gasteiger partial charge in [0.1, 0.15) is 5.56 Å². The minimum absolute atomic E-state index is 0.174. The van der Waals surface area contributed by atoms with Gasteiger partial charge in [-0.3, -0.25) is 0 Å². The Hall–Kier alpha value is -2.14. The summed E-state index contributed by atoms with van der Waals surface area (Å²) in [6, 6.07) is 7.80. The van der Waals surface area contributed by atoms with Crippen LogP contribution in [0.5, 0.6) is 0 Å². The number of aromatic nitrogens is 2. The van der Waals surface area contributed by atoms with E-state index in [-0.39, 0.29) is 12.2 Å². The summed E-state index contributed by atoms with van der Waals surface area (Å²) in [6.45, 7) is 2.26. The van der Waals surface area contributed by atoms with Crippen molar-refractivity contribution in [2.24, 2.45) is 0 Å². The molecule has 2 aromatic rings. The van der Waals surface area contributed by atoms with Crippen LogP contribution in [0.1, 0.15) is 28.5 Å². The zero-order valence-corrected chi connectivity index (χ0v) is 11.0. The van der Waals surface area contributed by atoms with Gasteiger partial charge in [0.15, 0.2) is 0 Å². The van der Waals surface area contributed by atoms with E-state index in [0.717, 1.165) is 17.7 Å². The van der Waals surface area contributed by atoms with Crippen LogP contribution in [0, 0.1) is 0 Å². The maximum Gasteiger partial charge on any atom is 0.339 e. The molecule has 0 spiro atoms. The van der Waals surface area contributed by atoms with Crippen LogP contribution in [0.3, 0.4) is 0 Å². The third-order valence-corrected chi connectivity index (χ3v) is 2.98. The summed E-state index contributed by atoms with van der Waals surface area (Å²) in [5.74, 6) is -0.993. The van der Waals surface area contributed by atoms with Gasteiger partial charge in [-0.2, -0.15) is 5.10 Å². The molecule has 0 saturated carbocycles. The largest absolute Gasteiger partial charge is 0.478 e. The van der Waals surface area contributed by atoms with Crippen LogP contribution in [0.15, 0.2) is 30.5 Å². The highest BCUT2D eigenvalue weighted by Crippen LogP contribution is 2.20. The number of hydrogen-bond donors (Lipinski definition) is 1. The van der Waals surface area contributed by atoms with E-state index in [1.54, 1.807) is 4.68 Å². The Morgan fingerprint density at radius 2 is 2.16 bits per heavy atom. The summed E-state index contributed by atoms with van der Waals surface area (Å²) in [5, 5.41) is 13.4. The van der Waals surface area contributed by atoms with Gasteiger partial charge in [-0.05, 0) is 18.1 Å². The summed E-state index contributed by atoms with van der Waals surface area (Å²) < 4.78 is 6.73. The zero-order chi connectivity index (χ0) is 13.8. The Labute approximate surface area is 111 Å². The van der Waals surface area contributed by atoms with E-state index in [0.29, 0.717) is 5.69 Å². The number of aromatic carboxylic acids is 1. The van der Waals surface area contributed by atoms with Crippen molar-refractivity contribution in [1.29, 1.82) is 0 Å². The number of aryl methyl sites for hydroxylation is 1. The van der Waals surface area contributed by atoms with E-state index in [1.165, 1.54) is 13.3 Å². The van der Waals surface area contributed by atoms with Crippen molar-refractivity contribution in [3.63, 3.8) is 0 Å². The lowest BCUT2D eigenvalue weighted by Crippen LogP contribution is -2.09. The normalized spacial score (nSPS) is 10.6. The van der Waals surface area contributed by atoms with E-state index in [4.69, 9.17) is 4.74 Å². The number of benzene rings is 1. The van der Waals surface area contributed by atoms with Crippen LogP contribution in [0.4, 0.5) is 0 Å². The van der Waals surface area contributed by atoms with E-state index in [9.17, 15) is 9.90 Å². The molecule has 19 heavy (non-hydrogen) atoms. The highest BCUT2D eigenvalue weighted by atomic mass is 16.5. The number of rotatable bonds is 5. The van der Waals surface area contributed by atoms with Crippen molar-refractivity contribution in [2.75, 3.05) is 7.11 Å². The number of carboxylic acid groups (broad SMARTS) is 1. The van der Waals surface area contributed by atoms with Crippen molar-refractivity contribution < 1.29 is 14.6 Å². The lowest BCUT2D eigenvalue weighted by Gasteiger charge is -2.11. The van der Waals surface area contributed by atoms with Crippen molar-refractivity contribution in [3.05, 3.63) is 47.3 Å². The summed E-state index contributed by atoms with van der Waals surface area (Å²) in [6.07, 6.45) is 2.22. The summed E-state index contributed by atoms with van der Waals surface area (Å²) in [7, 11) is 1.54. The molecule has 0 radical (unpaired) electrons. The van der Waals surface area contributed by atoms with Crippen LogP contribution in [-0.2, 0) is 17.8 Å². The van der Waals surface area contributed by atoms with E-state index >= 15 is 0 Å². The molecule has 0 amide bonds. The molecule has 1 N–H and O–H groups in total. The third kappa shape index (κ3) is 2.51. The zero-order valence-electron chi connectivity index (χ0n) is 11.0. The van der Waals surface area contributed by atoms with Crippen molar-refractivity contribution in [3.8, 4) is 5.69 Å². The van der Waals surface area contributed by atoms with Gasteiger partial charge in [0.25, 0.3) is 0 Å². The molecule has 5 heteroatoms. The molecule has 0 aliphatic carbocycles. The van der Waals surface area contributed by atoms with Gasteiger partial charge in [-0.1, -0.05) is 25.1 Å².